The number of benzene rings is 1. The number of hydrogen-bond donors (Lipinski definition) is 1. The van der Waals surface area contributed by atoms with Crippen LogP contribution in [0.25, 0.3) is 16.5 Å². The summed E-state index contributed by atoms with van der Waals surface area (Å²) in [4.78, 5) is 20.2. The molecular weight excluding hydrogens is 236 g/mol. The maximum atomic E-state index is 12.6. The zero-order chi connectivity index (χ0) is 13.0. The van der Waals surface area contributed by atoms with E-state index in [2.05, 4.69) is 16.5 Å². The molecule has 2 aromatic heterocycles. The number of ketones is 1. The molecule has 1 aromatic carbocycles. The van der Waals surface area contributed by atoms with Crippen LogP contribution in [0.15, 0.2) is 49.2 Å². The van der Waals surface area contributed by atoms with Gasteiger partial charge in [-0.05, 0) is 18.2 Å². The van der Waals surface area contributed by atoms with Crippen molar-refractivity contribution in [3.63, 3.8) is 0 Å². The zero-order valence-electron chi connectivity index (χ0n) is 10.1. The minimum Gasteiger partial charge on any atom is -0.354 e. The molecule has 4 rings (SSSR count). The highest BCUT2D eigenvalue weighted by Crippen LogP contribution is 2.36. The van der Waals surface area contributed by atoms with Crippen LogP contribution < -0.4 is 0 Å². The van der Waals surface area contributed by atoms with Crippen LogP contribution >= 0.6 is 0 Å². The summed E-state index contributed by atoms with van der Waals surface area (Å²) < 4.78 is 0. The highest BCUT2D eigenvalue weighted by atomic mass is 16.1. The van der Waals surface area contributed by atoms with Crippen LogP contribution in [0, 0.1) is 0 Å². The molecular formula is C16H10N2O. The number of carbonyl (C=O) groups excluding carboxylic acids is 1. The molecule has 0 fully saturated rings. The summed E-state index contributed by atoms with van der Waals surface area (Å²) in [6.45, 7) is 4.08. The van der Waals surface area contributed by atoms with Gasteiger partial charge >= 0.3 is 0 Å². The normalized spacial score (nSPS) is 13.5. The second kappa shape index (κ2) is 3.42. The molecule has 1 aliphatic rings. The monoisotopic (exact) mass is 246 g/mol. The predicted octanol–water partition coefficient (Wildman–Crippen LogP) is 3.17. The van der Waals surface area contributed by atoms with E-state index in [0.29, 0.717) is 16.8 Å². The third-order valence-electron chi connectivity index (χ3n) is 3.57. The molecule has 0 radical (unpaired) electrons. The lowest BCUT2D eigenvalue weighted by Crippen LogP contribution is -2.14. The van der Waals surface area contributed by atoms with E-state index in [1.165, 1.54) is 0 Å². The van der Waals surface area contributed by atoms with E-state index in [-0.39, 0.29) is 5.78 Å². The molecule has 0 unspecified atom stereocenters. The van der Waals surface area contributed by atoms with Gasteiger partial charge < -0.3 is 4.98 Å². The van der Waals surface area contributed by atoms with Crippen molar-refractivity contribution in [3.8, 4) is 0 Å². The Morgan fingerprint density at radius 1 is 1.11 bits per heavy atom. The lowest BCUT2D eigenvalue weighted by atomic mass is 9.88. The molecule has 0 bridgehead atoms. The van der Waals surface area contributed by atoms with Gasteiger partial charge in [-0.2, -0.15) is 0 Å². The third-order valence-corrected chi connectivity index (χ3v) is 3.57. The van der Waals surface area contributed by atoms with Gasteiger partial charge in [0, 0.05) is 28.2 Å². The standard InChI is InChI=1S/C16H10N2O/c1-9-14-11(6-4-8-17-14)16(19)13-10-5-2-3-7-12(10)18-15(9)13/h2-8,18H,1H2. The van der Waals surface area contributed by atoms with Gasteiger partial charge in [0.25, 0.3) is 0 Å². The van der Waals surface area contributed by atoms with Gasteiger partial charge in [0.15, 0.2) is 5.78 Å². The summed E-state index contributed by atoms with van der Waals surface area (Å²) in [6, 6.07) is 11.4. The quantitative estimate of drug-likeness (QED) is 0.518. The number of aromatic nitrogens is 2. The van der Waals surface area contributed by atoms with E-state index >= 15 is 0 Å². The Morgan fingerprint density at radius 3 is 2.84 bits per heavy atom. The van der Waals surface area contributed by atoms with E-state index in [1.54, 1.807) is 18.3 Å². The molecule has 1 N–H and O–H groups in total. The Kier molecular flexibility index (Phi) is 1.85. The van der Waals surface area contributed by atoms with Crippen LogP contribution in [0.3, 0.4) is 0 Å². The second-order valence-electron chi connectivity index (χ2n) is 4.63. The van der Waals surface area contributed by atoms with Crippen molar-refractivity contribution in [1.29, 1.82) is 0 Å². The molecule has 0 amide bonds. The summed E-state index contributed by atoms with van der Waals surface area (Å²) in [5, 5.41) is 0.943. The van der Waals surface area contributed by atoms with Gasteiger partial charge in [0.1, 0.15) is 0 Å². The Hall–Kier alpha value is -2.68. The van der Waals surface area contributed by atoms with Crippen LogP contribution in [-0.4, -0.2) is 15.8 Å². The number of para-hydroxylation sites is 1. The van der Waals surface area contributed by atoms with Gasteiger partial charge in [-0.1, -0.05) is 24.8 Å². The van der Waals surface area contributed by atoms with Gasteiger partial charge in [-0.25, -0.2) is 0 Å². The van der Waals surface area contributed by atoms with Crippen LogP contribution in [0.2, 0.25) is 0 Å². The minimum absolute atomic E-state index is 0.0166. The maximum absolute atomic E-state index is 12.6. The first kappa shape index (κ1) is 10.3. The molecule has 0 spiro atoms. The van der Waals surface area contributed by atoms with Gasteiger partial charge in [0.2, 0.25) is 0 Å². The van der Waals surface area contributed by atoms with Crippen molar-refractivity contribution in [1.82, 2.24) is 9.97 Å². The first-order valence-corrected chi connectivity index (χ1v) is 6.07. The van der Waals surface area contributed by atoms with Crippen molar-refractivity contribution in [2.45, 2.75) is 0 Å². The molecule has 19 heavy (non-hydrogen) atoms. The fraction of sp³-hybridized carbons (Fsp3) is 0. The van der Waals surface area contributed by atoms with Crippen LogP contribution in [-0.2, 0) is 0 Å². The van der Waals surface area contributed by atoms with E-state index in [9.17, 15) is 4.79 Å². The Morgan fingerprint density at radius 2 is 1.95 bits per heavy atom. The highest BCUT2D eigenvalue weighted by Gasteiger charge is 2.30. The number of H-pyrrole nitrogens is 1. The predicted molar refractivity (Wildman–Crippen MR) is 74.1 cm³/mol. The fourth-order valence-electron chi connectivity index (χ4n) is 2.69. The Balaban J connectivity index is 2.14. The zero-order valence-corrected chi connectivity index (χ0v) is 10.1. The van der Waals surface area contributed by atoms with Crippen LogP contribution in [0.1, 0.15) is 27.3 Å². The molecule has 3 heteroatoms. The van der Waals surface area contributed by atoms with Gasteiger partial charge in [0.05, 0.1) is 17.0 Å². The largest absolute Gasteiger partial charge is 0.354 e. The van der Waals surface area contributed by atoms with Crippen molar-refractivity contribution >= 4 is 22.3 Å². The SMILES string of the molecule is C=C1c2ncccc2C(=O)c2c1[nH]c1ccccc21. The van der Waals surface area contributed by atoms with E-state index in [0.717, 1.165) is 22.2 Å². The first-order valence-electron chi connectivity index (χ1n) is 6.07. The van der Waals surface area contributed by atoms with Crippen molar-refractivity contribution in [2.75, 3.05) is 0 Å². The molecule has 0 saturated heterocycles. The number of pyridine rings is 1. The molecule has 90 valence electrons. The Labute approximate surface area is 109 Å². The lowest BCUT2D eigenvalue weighted by Gasteiger charge is -2.16. The molecule has 0 saturated carbocycles. The van der Waals surface area contributed by atoms with Crippen LogP contribution in [0.5, 0.6) is 0 Å². The summed E-state index contributed by atoms with van der Waals surface area (Å²) in [5.74, 6) is 0.0166. The number of rotatable bonds is 0. The highest BCUT2D eigenvalue weighted by molar-refractivity contribution is 6.23. The van der Waals surface area contributed by atoms with E-state index < -0.39 is 0 Å². The summed E-state index contributed by atoms with van der Waals surface area (Å²) in [7, 11) is 0. The number of hydrogen-bond acceptors (Lipinski definition) is 2. The van der Waals surface area contributed by atoms with Crippen molar-refractivity contribution in [2.24, 2.45) is 0 Å². The first-order chi connectivity index (χ1) is 9.27. The number of carbonyl (C=O) groups is 1. The molecule has 2 heterocycles. The number of nitrogens with zero attached hydrogens (tertiary/aromatic N) is 1. The average molecular weight is 246 g/mol. The van der Waals surface area contributed by atoms with Gasteiger partial charge in [-0.3, -0.25) is 9.78 Å². The number of nitrogens with one attached hydrogen (secondary N) is 1. The topological polar surface area (TPSA) is 45.8 Å². The molecule has 1 aliphatic carbocycles. The number of aromatic amines is 1. The van der Waals surface area contributed by atoms with Crippen molar-refractivity contribution in [3.05, 3.63) is 71.7 Å². The lowest BCUT2D eigenvalue weighted by molar-refractivity contribution is 0.103. The van der Waals surface area contributed by atoms with Crippen LogP contribution in [0.4, 0.5) is 0 Å². The average Bonchev–Trinajstić information content (AvgIpc) is 2.84. The fourth-order valence-corrected chi connectivity index (χ4v) is 2.69. The van der Waals surface area contributed by atoms with Gasteiger partial charge in [-0.15, -0.1) is 0 Å². The third kappa shape index (κ3) is 1.21. The number of fused-ring (bicyclic) bond motifs is 4. The van der Waals surface area contributed by atoms with E-state index in [1.807, 2.05) is 24.3 Å². The second-order valence-corrected chi connectivity index (χ2v) is 4.63. The van der Waals surface area contributed by atoms with E-state index in [4.69, 9.17) is 0 Å². The minimum atomic E-state index is 0.0166. The molecule has 0 aliphatic heterocycles. The van der Waals surface area contributed by atoms with Crippen molar-refractivity contribution < 1.29 is 4.79 Å². The molecule has 3 aromatic rings. The molecule has 3 nitrogen and oxygen atoms in total. The summed E-state index contributed by atoms with van der Waals surface area (Å²) >= 11 is 0. The smallest absolute Gasteiger partial charge is 0.198 e. The Bertz CT molecular complexity index is 858. The summed E-state index contributed by atoms with van der Waals surface area (Å²) in [5.41, 5.74) is 4.53. The molecule has 0 atom stereocenters. The summed E-state index contributed by atoms with van der Waals surface area (Å²) in [6.07, 6.45) is 1.69. The maximum Gasteiger partial charge on any atom is 0.198 e.